The van der Waals surface area contributed by atoms with Crippen molar-refractivity contribution < 1.29 is 64.2 Å². The first-order valence-electron chi connectivity index (χ1n) is 18.0. The van der Waals surface area contributed by atoms with Crippen molar-refractivity contribution in [3.8, 4) is 11.5 Å². The second-order valence-corrected chi connectivity index (χ2v) is 14.9. The molecule has 0 radical (unpaired) electrons. The normalized spacial score (nSPS) is 12.8. The Labute approximate surface area is 342 Å². The number of benzene rings is 4. The van der Waals surface area contributed by atoms with Crippen LogP contribution in [0.2, 0.25) is 0 Å². The Morgan fingerprint density at radius 2 is 1.03 bits per heavy atom. The summed E-state index contributed by atoms with van der Waals surface area (Å²) >= 11 is 0. The molecule has 0 unspecified atom stereocenters. The molecule has 0 aliphatic heterocycles. The van der Waals surface area contributed by atoms with E-state index in [4.69, 9.17) is 5.11 Å². The number of nitrogens with zero attached hydrogens (tertiary/aromatic N) is 2. The van der Waals surface area contributed by atoms with Gasteiger partial charge >= 0.3 is 33.0 Å². The number of carbonyl (C=O) groups excluding carboxylic acids is 6. The fraction of sp³-hybridized carbons (Fsp3) is 0.268. The summed E-state index contributed by atoms with van der Waals surface area (Å²) in [5.41, 5.74) is 4.87. The van der Waals surface area contributed by atoms with E-state index in [1.807, 2.05) is 31.2 Å². The summed E-state index contributed by atoms with van der Waals surface area (Å²) in [5.74, 6) is -0.420. The topological polar surface area (TPSA) is 192 Å². The van der Waals surface area contributed by atoms with Gasteiger partial charge in [-0.15, -0.1) is 5.11 Å². The zero-order valence-electron chi connectivity index (χ0n) is 33.3. The monoisotopic (exact) mass is 867 g/mol. The molecule has 60 heavy (non-hydrogen) atoms. The number of halogens is 6. The maximum absolute atomic E-state index is 12.0. The van der Waals surface area contributed by atoms with E-state index in [2.05, 4.69) is 20.9 Å². The van der Waals surface area contributed by atoms with Crippen molar-refractivity contribution in [3.63, 3.8) is 0 Å². The van der Waals surface area contributed by atoms with E-state index < -0.39 is 19.9 Å². The van der Waals surface area contributed by atoms with E-state index in [-0.39, 0.29) is 40.6 Å². The molecule has 4 N–H and O–H groups in total. The molecule has 0 saturated carbocycles. The SMILES string of the molecule is CCC(=O)[C@H](Cc1ccc(O)c(N=Nc2ccc(C=O)cc2)c1)NC(C)=O.CCC(=O)[C@H](Cc1ccc(O)cc1)NC(C)=O.Cc1ccc(C=O)cc1.F[P-](F)(F)(F)(F)F. The third-order valence-corrected chi connectivity index (χ3v) is 7.60. The number of amides is 2. The number of rotatable bonds is 14. The number of hydrogen-bond donors (Lipinski definition) is 4. The number of aldehydes is 2. The maximum atomic E-state index is 12.0. The number of phenols is 2. The molecule has 4 rings (SSSR count). The number of aryl methyl sites for hydroxylation is 1. The van der Waals surface area contributed by atoms with Crippen molar-refractivity contribution >= 4 is 55.1 Å². The average molecular weight is 868 g/mol. The number of nitrogens with one attached hydrogen (secondary N) is 2. The predicted octanol–water partition coefficient (Wildman–Crippen LogP) is 10.3. The van der Waals surface area contributed by atoms with Crippen molar-refractivity contribution in [1.29, 1.82) is 0 Å². The number of ketones is 2. The fourth-order valence-corrected chi connectivity index (χ4v) is 4.73. The molecule has 2 atom stereocenters. The Morgan fingerprint density at radius 1 is 0.633 bits per heavy atom. The van der Waals surface area contributed by atoms with Gasteiger partial charge < -0.3 is 20.8 Å². The molecule has 0 fully saturated rings. The van der Waals surface area contributed by atoms with Crippen LogP contribution < -0.4 is 10.6 Å². The van der Waals surface area contributed by atoms with E-state index in [1.54, 1.807) is 74.5 Å². The Morgan fingerprint density at radius 3 is 1.43 bits per heavy atom. The van der Waals surface area contributed by atoms with Crippen molar-refractivity contribution in [2.24, 2.45) is 10.2 Å². The third-order valence-electron chi connectivity index (χ3n) is 7.60. The number of Topliss-reactive ketones (excluding diaryl/α,β-unsaturated/α-hetero) is 2. The summed E-state index contributed by atoms with van der Waals surface area (Å²) in [6.07, 6.45) is 3.03. The quantitative estimate of drug-likeness (QED) is 0.0416. The molecule has 0 saturated heterocycles. The number of hydrogen-bond acceptors (Lipinski definition) is 10. The van der Waals surface area contributed by atoms with E-state index >= 15 is 0 Å². The molecule has 0 heterocycles. The number of carbonyl (C=O) groups is 6. The van der Waals surface area contributed by atoms with Gasteiger partial charge in [-0.1, -0.05) is 61.9 Å². The van der Waals surface area contributed by atoms with Crippen molar-refractivity contribution in [1.82, 2.24) is 10.6 Å². The average Bonchev–Trinajstić information content (AvgIpc) is 3.17. The van der Waals surface area contributed by atoms with E-state index in [1.165, 1.54) is 25.5 Å². The second-order valence-electron chi connectivity index (χ2n) is 12.9. The van der Waals surface area contributed by atoms with Crippen LogP contribution in [0.4, 0.5) is 36.6 Å². The van der Waals surface area contributed by atoms with Crippen LogP contribution in [0, 0.1) is 6.92 Å². The third kappa shape index (κ3) is 24.5. The first kappa shape index (κ1) is 51.7. The molecule has 12 nitrogen and oxygen atoms in total. The first-order valence-corrected chi connectivity index (χ1v) is 20.0. The first-order chi connectivity index (χ1) is 27.7. The minimum atomic E-state index is -10.7. The van der Waals surface area contributed by atoms with Crippen molar-refractivity contribution in [2.45, 2.75) is 72.4 Å². The van der Waals surface area contributed by atoms with Gasteiger partial charge in [0.25, 0.3) is 0 Å². The standard InChI is InChI=1S/C20H21N3O4.C13H17NO3.C8H8O.F6P/c1-3-19(26)17(21-13(2)25)10-15-6-9-20(27)18(11-15)23-22-16-7-4-14(12-24)5-8-16;1-3-13(17)12(14-9(2)15)8-10-4-6-11(16)7-5-10;1-7-2-4-8(6-9)5-3-7;1-7(2,3,4,5)6/h4-9,11-12,17,27H,3,10H2,1-2H3,(H,21,25);4-7,12,16H,3,8H2,1-2H3,(H,14,15);2-6H,1H3;/q;;;-1/t17-;12-;;/m00../s1. The second kappa shape index (κ2) is 22.8. The minimum absolute atomic E-state index is 0.00766. The van der Waals surface area contributed by atoms with Crippen LogP contribution in [0.1, 0.15) is 77.9 Å². The van der Waals surface area contributed by atoms with Gasteiger partial charge in [-0.25, -0.2) is 0 Å². The van der Waals surface area contributed by atoms with Gasteiger partial charge in [0.2, 0.25) is 11.8 Å². The zero-order valence-corrected chi connectivity index (χ0v) is 34.1. The van der Waals surface area contributed by atoms with Gasteiger partial charge in [-0.3, -0.25) is 28.8 Å². The summed E-state index contributed by atoms with van der Waals surface area (Å²) in [4.78, 5) is 66.8. The van der Waals surface area contributed by atoms with Gasteiger partial charge in [-0.2, -0.15) is 5.11 Å². The molecule has 2 amide bonds. The molecular formula is C41H46F6N4O8P-. The predicted molar refractivity (Wildman–Crippen MR) is 216 cm³/mol. The molecule has 326 valence electrons. The molecule has 0 aliphatic carbocycles. The van der Waals surface area contributed by atoms with Gasteiger partial charge in [0.05, 0.1) is 17.8 Å². The fourth-order valence-electron chi connectivity index (χ4n) is 4.73. The summed E-state index contributed by atoms with van der Waals surface area (Å²) in [6, 6.07) is 24.2. The molecule has 0 aliphatic rings. The van der Waals surface area contributed by atoms with E-state index in [9.17, 15) is 59.1 Å². The molecule has 0 spiro atoms. The van der Waals surface area contributed by atoms with Crippen LogP contribution in [0.15, 0.2) is 101 Å². The van der Waals surface area contributed by atoms with Gasteiger partial charge in [0, 0.05) is 37.8 Å². The summed E-state index contributed by atoms with van der Waals surface area (Å²) in [5, 5.41) is 32.5. The molecule has 19 heteroatoms. The van der Waals surface area contributed by atoms with Crippen LogP contribution in [-0.2, 0) is 32.0 Å². The Hall–Kier alpha value is -6.29. The van der Waals surface area contributed by atoms with Crippen molar-refractivity contribution in [3.05, 3.63) is 119 Å². The summed E-state index contributed by atoms with van der Waals surface area (Å²) < 4.78 is 59.2. The molecule has 4 aromatic rings. The molecule has 4 aromatic carbocycles. The molecular weight excluding hydrogens is 821 g/mol. The number of phenolic OH excluding ortho intramolecular Hbond substituents is 2. The van der Waals surface area contributed by atoms with E-state index in [0.29, 0.717) is 36.9 Å². The van der Waals surface area contributed by atoms with Gasteiger partial charge in [0.1, 0.15) is 29.8 Å². The van der Waals surface area contributed by atoms with Crippen molar-refractivity contribution in [2.75, 3.05) is 0 Å². The van der Waals surface area contributed by atoms with Gasteiger partial charge in [-0.05, 0) is 79.4 Å². The zero-order chi connectivity index (χ0) is 45.7. The summed E-state index contributed by atoms with van der Waals surface area (Å²) in [7, 11) is -10.7. The van der Waals surface area contributed by atoms with E-state index in [0.717, 1.165) is 29.3 Å². The Kier molecular flexibility index (Phi) is 19.6. The van der Waals surface area contributed by atoms with Crippen LogP contribution >= 0.6 is 7.81 Å². The number of aromatic hydroxyl groups is 2. The molecule has 0 bridgehead atoms. The number of azo groups is 1. The Balaban J connectivity index is 0.000000460. The van der Waals surface area contributed by atoms with Crippen LogP contribution in [0.25, 0.3) is 0 Å². The van der Waals surface area contributed by atoms with Crippen LogP contribution in [0.3, 0.4) is 0 Å². The molecule has 0 aromatic heterocycles. The Bertz CT molecular complexity index is 2090. The summed E-state index contributed by atoms with van der Waals surface area (Å²) in [6.45, 7) is 8.26. The van der Waals surface area contributed by atoms with Crippen LogP contribution in [-0.4, -0.2) is 58.2 Å². The van der Waals surface area contributed by atoms with Gasteiger partial charge in [0.15, 0.2) is 11.6 Å². The van der Waals surface area contributed by atoms with Crippen LogP contribution in [0.5, 0.6) is 11.5 Å².